The van der Waals surface area contributed by atoms with Gasteiger partial charge in [-0.2, -0.15) is 5.10 Å². The average Bonchev–Trinajstić information content (AvgIpc) is 3.20. The number of halogens is 1. The molecule has 4 aromatic rings. The number of nitrogens with one attached hydrogen (secondary N) is 2. The van der Waals surface area contributed by atoms with Crippen LogP contribution in [0.5, 0.6) is 0 Å². The Hall–Kier alpha value is -3.57. The average molecular weight is 403 g/mol. The fourth-order valence-corrected chi connectivity index (χ4v) is 3.08. The maximum atomic E-state index is 11.8. The third kappa shape index (κ3) is 4.31. The number of hydrogen-bond acceptors (Lipinski definition) is 3. The molecule has 6 heteroatoms. The largest absolute Gasteiger partial charge is 0.338 e. The number of rotatable bonds is 6. The summed E-state index contributed by atoms with van der Waals surface area (Å²) in [6.45, 7) is 0. The number of anilines is 3. The Balaban J connectivity index is 1.76. The molecule has 0 spiro atoms. The fourth-order valence-electron chi connectivity index (χ4n) is 3.01. The lowest BCUT2D eigenvalue weighted by molar-refractivity contribution is -0.113. The molecule has 1 aromatic heterocycles. The van der Waals surface area contributed by atoms with Gasteiger partial charge in [0.25, 0.3) is 0 Å². The summed E-state index contributed by atoms with van der Waals surface area (Å²) in [6.07, 6.45) is 0. The van der Waals surface area contributed by atoms with Crippen molar-refractivity contribution >= 4 is 34.7 Å². The number of carbonyl (C=O) groups excluding carboxylic acids is 1. The van der Waals surface area contributed by atoms with Crippen LogP contribution in [0.3, 0.4) is 0 Å². The molecule has 0 saturated heterocycles. The predicted octanol–water partition coefficient (Wildman–Crippen LogP) is 5.46. The van der Waals surface area contributed by atoms with Crippen molar-refractivity contribution in [2.45, 2.75) is 0 Å². The Morgan fingerprint density at radius 1 is 0.862 bits per heavy atom. The summed E-state index contributed by atoms with van der Waals surface area (Å²) in [5.74, 6) is 0.416. The number of hydrogen-bond donors (Lipinski definition) is 2. The number of para-hydroxylation sites is 3. The van der Waals surface area contributed by atoms with E-state index in [1.807, 2.05) is 95.7 Å². The molecule has 0 aliphatic carbocycles. The van der Waals surface area contributed by atoms with Crippen molar-refractivity contribution in [1.82, 2.24) is 9.78 Å². The van der Waals surface area contributed by atoms with Gasteiger partial charge in [0.05, 0.1) is 22.8 Å². The Labute approximate surface area is 174 Å². The van der Waals surface area contributed by atoms with Crippen LogP contribution in [-0.2, 0) is 4.79 Å². The van der Waals surface area contributed by atoms with Gasteiger partial charge >= 0.3 is 0 Å². The molecule has 3 aromatic carbocycles. The van der Waals surface area contributed by atoms with E-state index >= 15 is 0 Å². The SMILES string of the molecule is O=C(CCl)Nc1ccccc1Nc1cc(-c2ccccc2)nn1-c1ccccc1. The van der Waals surface area contributed by atoms with Gasteiger partial charge in [-0.25, -0.2) is 4.68 Å². The van der Waals surface area contributed by atoms with Gasteiger partial charge in [0.1, 0.15) is 11.7 Å². The molecule has 2 N–H and O–H groups in total. The summed E-state index contributed by atoms with van der Waals surface area (Å²) in [4.78, 5) is 11.8. The molecule has 0 fully saturated rings. The second-order valence-electron chi connectivity index (χ2n) is 6.38. The van der Waals surface area contributed by atoms with Gasteiger partial charge in [0.15, 0.2) is 0 Å². The molecule has 0 radical (unpaired) electrons. The van der Waals surface area contributed by atoms with E-state index in [-0.39, 0.29) is 11.8 Å². The monoisotopic (exact) mass is 402 g/mol. The van der Waals surface area contributed by atoms with Crippen LogP contribution in [0, 0.1) is 0 Å². The molecule has 5 nitrogen and oxygen atoms in total. The number of nitrogens with zero attached hydrogens (tertiary/aromatic N) is 2. The Morgan fingerprint density at radius 3 is 2.17 bits per heavy atom. The second-order valence-corrected chi connectivity index (χ2v) is 6.65. The maximum absolute atomic E-state index is 11.8. The van der Waals surface area contributed by atoms with Crippen molar-refractivity contribution in [3.63, 3.8) is 0 Å². The van der Waals surface area contributed by atoms with E-state index in [1.165, 1.54) is 0 Å². The molecule has 0 atom stereocenters. The number of carbonyl (C=O) groups is 1. The molecule has 1 amide bonds. The highest BCUT2D eigenvalue weighted by molar-refractivity contribution is 6.29. The first-order chi connectivity index (χ1) is 14.2. The van der Waals surface area contributed by atoms with E-state index in [0.717, 1.165) is 28.5 Å². The van der Waals surface area contributed by atoms with Crippen molar-refractivity contribution in [3.05, 3.63) is 91.0 Å². The van der Waals surface area contributed by atoms with Gasteiger partial charge in [0, 0.05) is 11.6 Å². The van der Waals surface area contributed by atoms with E-state index in [4.69, 9.17) is 16.7 Å². The first kappa shape index (κ1) is 18.8. The summed E-state index contributed by atoms with van der Waals surface area (Å²) in [7, 11) is 0. The van der Waals surface area contributed by atoms with Crippen LogP contribution in [0.4, 0.5) is 17.2 Å². The summed E-state index contributed by atoms with van der Waals surface area (Å²) in [5, 5.41) is 11.0. The number of benzene rings is 3. The molecule has 0 aliphatic heterocycles. The third-order valence-corrected chi connectivity index (χ3v) is 4.61. The Morgan fingerprint density at radius 2 is 1.48 bits per heavy atom. The first-order valence-electron chi connectivity index (χ1n) is 9.17. The quantitative estimate of drug-likeness (QED) is 0.421. The molecule has 0 bridgehead atoms. The molecule has 0 aliphatic rings. The lowest BCUT2D eigenvalue weighted by atomic mass is 10.1. The lowest BCUT2D eigenvalue weighted by Crippen LogP contribution is -2.14. The maximum Gasteiger partial charge on any atom is 0.239 e. The zero-order valence-electron chi connectivity index (χ0n) is 15.5. The van der Waals surface area contributed by atoms with E-state index in [0.29, 0.717) is 5.69 Å². The molecule has 0 saturated carbocycles. The number of aromatic nitrogens is 2. The van der Waals surface area contributed by atoms with Gasteiger partial charge in [-0.05, 0) is 24.3 Å². The van der Waals surface area contributed by atoms with Crippen molar-refractivity contribution < 1.29 is 4.79 Å². The van der Waals surface area contributed by atoms with Gasteiger partial charge in [0.2, 0.25) is 5.91 Å². The third-order valence-electron chi connectivity index (χ3n) is 4.36. The van der Waals surface area contributed by atoms with Crippen molar-refractivity contribution in [2.24, 2.45) is 0 Å². The van der Waals surface area contributed by atoms with Crippen LogP contribution >= 0.6 is 11.6 Å². The van der Waals surface area contributed by atoms with E-state index in [9.17, 15) is 4.79 Å². The number of amides is 1. The minimum Gasteiger partial charge on any atom is -0.338 e. The summed E-state index contributed by atoms with van der Waals surface area (Å²) in [5.41, 5.74) is 4.20. The lowest BCUT2D eigenvalue weighted by Gasteiger charge is -2.14. The Bertz CT molecular complexity index is 1110. The van der Waals surface area contributed by atoms with Gasteiger partial charge in [-0.15, -0.1) is 11.6 Å². The predicted molar refractivity (Wildman–Crippen MR) is 118 cm³/mol. The zero-order chi connectivity index (χ0) is 20.1. The smallest absolute Gasteiger partial charge is 0.239 e. The van der Waals surface area contributed by atoms with Gasteiger partial charge in [-0.1, -0.05) is 60.7 Å². The molecular formula is C23H19ClN4O. The fraction of sp³-hybridized carbons (Fsp3) is 0.0435. The van der Waals surface area contributed by atoms with Crippen molar-refractivity contribution in [3.8, 4) is 16.9 Å². The van der Waals surface area contributed by atoms with E-state index in [2.05, 4.69) is 10.6 Å². The van der Waals surface area contributed by atoms with Gasteiger partial charge in [-0.3, -0.25) is 4.79 Å². The molecule has 29 heavy (non-hydrogen) atoms. The van der Waals surface area contributed by atoms with Crippen LogP contribution in [0.2, 0.25) is 0 Å². The standard InChI is InChI=1S/C23H19ClN4O/c24-16-23(29)26-20-14-8-7-13-19(20)25-22-15-21(17-9-3-1-4-10-17)27-28(22)18-11-5-2-6-12-18/h1-15,25H,16H2,(H,26,29). The normalized spacial score (nSPS) is 10.5. The summed E-state index contributed by atoms with van der Waals surface area (Å²) in [6, 6.07) is 29.4. The highest BCUT2D eigenvalue weighted by atomic mass is 35.5. The van der Waals surface area contributed by atoms with E-state index in [1.54, 1.807) is 0 Å². The molecule has 0 unspecified atom stereocenters. The van der Waals surface area contributed by atoms with Crippen LogP contribution < -0.4 is 10.6 Å². The molecule has 144 valence electrons. The summed E-state index contributed by atoms with van der Waals surface area (Å²) >= 11 is 5.64. The zero-order valence-corrected chi connectivity index (χ0v) is 16.3. The van der Waals surface area contributed by atoms with Crippen LogP contribution in [0.1, 0.15) is 0 Å². The van der Waals surface area contributed by atoms with Crippen molar-refractivity contribution in [2.75, 3.05) is 16.5 Å². The van der Waals surface area contributed by atoms with Crippen LogP contribution in [0.15, 0.2) is 91.0 Å². The minimum atomic E-state index is -0.262. The first-order valence-corrected chi connectivity index (χ1v) is 9.71. The Kier molecular flexibility index (Phi) is 5.59. The van der Waals surface area contributed by atoms with Gasteiger partial charge < -0.3 is 10.6 Å². The number of alkyl halides is 1. The topological polar surface area (TPSA) is 59.0 Å². The van der Waals surface area contributed by atoms with E-state index < -0.39 is 0 Å². The second kappa shape index (κ2) is 8.63. The van der Waals surface area contributed by atoms with Crippen LogP contribution in [0.25, 0.3) is 16.9 Å². The van der Waals surface area contributed by atoms with Crippen molar-refractivity contribution in [1.29, 1.82) is 0 Å². The minimum absolute atomic E-state index is 0.103. The molecule has 4 rings (SSSR count). The highest BCUT2D eigenvalue weighted by Crippen LogP contribution is 2.30. The summed E-state index contributed by atoms with van der Waals surface area (Å²) < 4.78 is 1.85. The molecule has 1 heterocycles. The highest BCUT2D eigenvalue weighted by Gasteiger charge is 2.13. The van der Waals surface area contributed by atoms with Crippen LogP contribution in [-0.4, -0.2) is 21.6 Å². The molecular weight excluding hydrogens is 384 g/mol.